The summed E-state index contributed by atoms with van der Waals surface area (Å²) in [4.78, 5) is 0. The van der Waals surface area contributed by atoms with Crippen LogP contribution in [0.25, 0.3) is 27.8 Å². The lowest BCUT2D eigenvalue weighted by Gasteiger charge is -2.22. The first-order chi connectivity index (χ1) is 19.9. The number of aryl methyl sites for hydroxylation is 1. The van der Waals surface area contributed by atoms with Gasteiger partial charge in [0.05, 0.1) is 29.5 Å². The van der Waals surface area contributed by atoms with Crippen LogP contribution in [0.3, 0.4) is 0 Å². The molecule has 1 atom stereocenters. The molecule has 5 heteroatoms. The molecule has 2 aromatic heterocycles. The monoisotopic (exact) mass is 546 g/mol. The van der Waals surface area contributed by atoms with Crippen molar-refractivity contribution in [3.8, 4) is 16.9 Å². The SMILES string of the molecule is Cc1cc(CC2CCCCC2)ccc1-n1nc(-c2cccc3nn(C[C@H](O)c4ccccc4)cc23)c(C(C)C)c1C. The molecule has 0 bridgehead atoms. The minimum absolute atomic E-state index is 0.315. The van der Waals surface area contributed by atoms with Crippen LogP contribution in [0.4, 0.5) is 0 Å². The van der Waals surface area contributed by atoms with Gasteiger partial charge in [-0.2, -0.15) is 10.2 Å². The average molecular weight is 547 g/mol. The molecule has 0 aliphatic heterocycles. The molecule has 0 saturated heterocycles. The van der Waals surface area contributed by atoms with Crippen molar-refractivity contribution in [2.45, 2.75) is 84.8 Å². The standard InChI is InChI=1S/C36H42N4O/c1-24(2)35-26(4)40(33-19-18-28(20-25(33)3)21-27-12-7-5-8-13-27)38-36(35)30-16-11-17-32-31(30)22-39(37-32)23-34(41)29-14-9-6-10-15-29/h6,9-11,14-20,22,24,27,34,41H,5,7-8,12-13,21,23H2,1-4H3/t34-/m0/s1. The van der Waals surface area contributed by atoms with Gasteiger partial charge < -0.3 is 5.11 Å². The van der Waals surface area contributed by atoms with Crippen LogP contribution >= 0.6 is 0 Å². The third kappa shape index (κ3) is 5.60. The summed E-state index contributed by atoms with van der Waals surface area (Å²) < 4.78 is 4.01. The van der Waals surface area contributed by atoms with Gasteiger partial charge in [0.15, 0.2) is 0 Å². The Morgan fingerprint density at radius 2 is 1.68 bits per heavy atom. The van der Waals surface area contributed by atoms with Crippen LogP contribution in [0.2, 0.25) is 0 Å². The fourth-order valence-corrected chi connectivity index (χ4v) is 6.80. The summed E-state index contributed by atoms with van der Waals surface area (Å²) in [6, 6.07) is 23.0. The third-order valence-corrected chi connectivity index (χ3v) is 8.88. The van der Waals surface area contributed by atoms with Crippen molar-refractivity contribution in [1.82, 2.24) is 19.6 Å². The topological polar surface area (TPSA) is 55.9 Å². The predicted molar refractivity (Wildman–Crippen MR) is 168 cm³/mol. The van der Waals surface area contributed by atoms with E-state index in [0.717, 1.165) is 39.3 Å². The Morgan fingerprint density at radius 3 is 2.41 bits per heavy atom. The smallest absolute Gasteiger partial charge is 0.0985 e. The zero-order valence-corrected chi connectivity index (χ0v) is 24.8. The van der Waals surface area contributed by atoms with Crippen molar-refractivity contribution >= 4 is 10.9 Å². The van der Waals surface area contributed by atoms with Gasteiger partial charge in [-0.15, -0.1) is 0 Å². The molecule has 2 heterocycles. The van der Waals surface area contributed by atoms with E-state index in [1.807, 2.05) is 41.1 Å². The fourth-order valence-electron chi connectivity index (χ4n) is 6.80. The van der Waals surface area contributed by atoms with E-state index in [-0.39, 0.29) is 0 Å². The highest BCUT2D eigenvalue weighted by Crippen LogP contribution is 2.37. The molecule has 0 unspecified atom stereocenters. The quantitative estimate of drug-likeness (QED) is 0.212. The van der Waals surface area contributed by atoms with Gasteiger partial charge in [-0.3, -0.25) is 4.68 Å². The van der Waals surface area contributed by atoms with Gasteiger partial charge in [-0.05, 0) is 60.9 Å². The number of hydrogen-bond donors (Lipinski definition) is 1. The first kappa shape index (κ1) is 27.5. The molecule has 212 valence electrons. The number of aromatic nitrogens is 4. The second-order valence-electron chi connectivity index (χ2n) is 12.3. The molecule has 0 spiro atoms. The average Bonchev–Trinajstić information content (AvgIpc) is 3.54. The number of aliphatic hydroxyl groups excluding tert-OH is 1. The van der Waals surface area contributed by atoms with E-state index in [1.165, 1.54) is 60.9 Å². The minimum atomic E-state index is -0.620. The van der Waals surface area contributed by atoms with Gasteiger partial charge in [0.2, 0.25) is 0 Å². The zero-order chi connectivity index (χ0) is 28.5. The summed E-state index contributed by atoms with van der Waals surface area (Å²) in [5, 5.41) is 22.0. The summed E-state index contributed by atoms with van der Waals surface area (Å²) in [6.07, 6.45) is 9.53. The Morgan fingerprint density at radius 1 is 0.902 bits per heavy atom. The number of nitrogens with zero attached hydrogens (tertiary/aromatic N) is 4. The maximum absolute atomic E-state index is 10.8. The summed E-state index contributed by atoms with van der Waals surface area (Å²) in [6.45, 7) is 9.31. The van der Waals surface area contributed by atoms with Crippen molar-refractivity contribution in [2.24, 2.45) is 5.92 Å². The third-order valence-electron chi connectivity index (χ3n) is 8.88. The second-order valence-corrected chi connectivity index (χ2v) is 12.3. The molecule has 1 fully saturated rings. The molecule has 3 aromatic carbocycles. The van der Waals surface area contributed by atoms with Gasteiger partial charge in [0.1, 0.15) is 0 Å². The van der Waals surface area contributed by atoms with Gasteiger partial charge in [0.25, 0.3) is 0 Å². The molecule has 1 saturated carbocycles. The van der Waals surface area contributed by atoms with Crippen LogP contribution in [-0.2, 0) is 13.0 Å². The lowest BCUT2D eigenvalue weighted by molar-refractivity contribution is 0.152. The molecular formula is C36H42N4O. The lowest BCUT2D eigenvalue weighted by Crippen LogP contribution is -2.10. The maximum atomic E-state index is 10.8. The number of aliphatic hydroxyl groups is 1. The van der Waals surface area contributed by atoms with E-state index in [0.29, 0.717) is 12.5 Å². The van der Waals surface area contributed by atoms with Crippen LogP contribution in [0.5, 0.6) is 0 Å². The van der Waals surface area contributed by atoms with Gasteiger partial charge >= 0.3 is 0 Å². The van der Waals surface area contributed by atoms with E-state index in [4.69, 9.17) is 10.2 Å². The molecule has 0 radical (unpaired) electrons. The van der Waals surface area contributed by atoms with Crippen LogP contribution < -0.4 is 0 Å². The van der Waals surface area contributed by atoms with E-state index >= 15 is 0 Å². The summed E-state index contributed by atoms with van der Waals surface area (Å²) in [7, 11) is 0. The number of rotatable bonds is 8. The van der Waals surface area contributed by atoms with E-state index in [1.54, 1.807) is 0 Å². The van der Waals surface area contributed by atoms with Crippen LogP contribution in [-0.4, -0.2) is 24.7 Å². The Balaban J connectivity index is 1.35. The second kappa shape index (κ2) is 11.7. The van der Waals surface area contributed by atoms with Gasteiger partial charge in [0, 0.05) is 28.4 Å². The number of benzene rings is 3. The van der Waals surface area contributed by atoms with E-state index < -0.39 is 6.10 Å². The molecule has 1 N–H and O–H groups in total. The fraction of sp³-hybridized carbons (Fsp3) is 0.389. The highest BCUT2D eigenvalue weighted by Gasteiger charge is 2.23. The van der Waals surface area contributed by atoms with Crippen molar-refractivity contribution in [2.75, 3.05) is 0 Å². The maximum Gasteiger partial charge on any atom is 0.0985 e. The first-order valence-electron chi connectivity index (χ1n) is 15.3. The van der Waals surface area contributed by atoms with E-state index in [2.05, 4.69) is 68.9 Å². The molecule has 5 nitrogen and oxygen atoms in total. The Hall–Kier alpha value is -3.70. The number of hydrogen-bond acceptors (Lipinski definition) is 3. The summed E-state index contributed by atoms with van der Waals surface area (Å²) in [5.41, 5.74) is 10.2. The molecule has 1 aliphatic rings. The lowest BCUT2D eigenvalue weighted by atomic mass is 9.84. The molecular weight excluding hydrogens is 504 g/mol. The Bertz CT molecular complexity index is 1640. The van der Waals surface area contributed by atoms with Gasteiger partial charge in [-0.1, -0.05) is 101 Å². The summed E-state index contributed by atoms with van der Waals surface area (Å²) in [5.74, 6) is 1.14. The van der Waals surface area contributed by atoms with Crippen molar-refractivity contribution in [3.63, 3.8) is 0 Å². The Kier molecular flexibility index (Phi) is 7.81. The van der Waals surface area contributed by atoms with Crippen molar-refractivity contribution in [1.29, 1.82) is 0 Å². The number of fused-ring (bicyclic) bond motifs is 1. The van der Waals surface area contributed by atoms with Crippen LogP contribution in [0, 0.1) is 19.8 Å². The first-order valence-corrected chi connectivity index (χ1v) is 15.3. The Labute approximate surface area is 243 Å². The highest BCUT2D eigenvalue weighted by atomic mass is 16.3. The molecule has 1 aliphatic carbocycles. The van der Waals surface area contributed by atoms with Crippen LogP contribution in [0.1, 0.15) is 85.9 Å². The van der Waals surface area contributed by atoms with Crippen molar-refractivity contribution in [3.05, 3.63) is 101 Å². The predicted octanol–water partition coefficient (Wildman–Crippen LogP) is 8.49. The molecule has 5 aromatic rings. The normalized spacial score (nSPS) is 15.2. The van der Waals surface area contributed by atoms with Gasteiger partial charge in [-0.25, -0.2) is 4.68 Å². The zero-order valence-electron chi connectivity index (χ0n) is 24.8. The largest absolute Gasteiger partial charge is 0.386 e. The molecule has 0 amide bonds. The molecule has 6 rings (SSSR count). The van der Waals surface area contributed by atoms with E-state index in [9.17, 15) is 5.11 Å². The minimum Gasteiger partial charge on any atom is -0.386 e. The van der Waals surface area contributed by atoms with Crippen LogP contribution in [0.15, 0.2) is 72.9 Å². The summed E-state index contributed by atoms with van der Waals surface area (Å²) >= 11 is 0. The molecule has 41 heavy (non-hydrogen) atoms. The van der Waals surface area contributed by atoms with Crippen molar-refractivity contribution < 1.29 is 5.11 Å². The highest BCUT2D eigenvalue weighted by molar-refractivity contribution is 5.94.